The Morgan fingerprint density at radius 2 is 1.61 bits per heavy atom. The van der Waals surface area contributed by atoms with Crippen molar-refractivity contribution in [2.45, 2.75) is 31.1 Å². The number of nitrogens with zero attached hydrogens (tertiary/aromatic N) is 1. The first-order valence-corrected chi connectivity index (χ1v) is 11.2. The first kappa shape index (κ1) is 20.1. The minimum atomic E-state index is -0.232. The van der Waals surface area contributed by atoms with Gasteiger partial charge in [-0.25, -0.2) is 4.39 Å². The highest BCUT2D eigenvalue weighted by Gasteiger charge is 2.33. The van der Waals surface area contributed by atoms with Crippen LogP contribution in [0.5, 0.6) is 11.5 Å². The van der Waals surface area contributed by atoms with E-state index in [-0.39, 0.29) is 23.4 Å². The maximum absolute atomic E-state index is 13.5. The van der Waals surface area contributed by atoms with Gasteiger partial charge in [-0.3, -0.25) is 0 Å². The average molecular weight is 418 g/mol. The van der Waals surface area contributed by atoms with Crippen molar-refractivity contribution in [2.24, 2.45) is 0 Å². The molecule has 5 rings (SSSR count). The molecule has 2 aliphatic heterocycles. The molecule has 1 saturated heterocycles. The van der Waals surface area contributed by atoms with Gasteiger partial charge in [-0.15, -0.1) is 0 Å². The normalized spacial score (nSPS) is 20.9. The Labute approximate surface area is 183 Å². The minimum absolute atomic E-state index is 0.0769. The Hall–Kier alpha value is -2.85. The van der Waals surface area contributed by atoms with Crippen LogP contribution in [0.15, 0.2) is 66.7 Å². The van der Waals surface area contributed by atoms with Gasteiger partial charge >= 0.3 is 0 Å². The fourth-order valence-corrected chi connectivity index (χ4v) is 4.99. The Morgan fingerprint density at radius 1 is 0.903 bits per heavy atom. The van der Waals surface area contributed by atoms with Crippen LogP contribution in [-0.4, -0.2) is 36.2 Å². The van der Waals surface area contributed by atoms with Crippen molar-refractivity contribution in [3.8, 4) is 11.5 Å². The molecule has 3 nitrogen and oxygen atoms in total. The number of aromatic hydroxyl groups is 1. The highest BCUT2D eigenvalue weighted by molar-refractivity contribution is 5.50. The maximum Gasteiger partial charge on any atom is 0.126 e. The predicted molar refractivity (Wildman–Crippen MR) is 120 cm³/mol. The van der Waals surface area contributed by atoms with Gasteiger partial charge in [0.1, 0.15) is 17.3 Å². The highest BCUT2D eigenvalue weighted by Crippen LogP contribution is 2.46. The quantitative estimate of drug-likeness (QED) is 0.597. The lowest BCUT2D eigenvalue weighted by Gasteiger charge is -2.34. The van der Waals surface area contributed by atoms with E-state index in [4.69, 9.17) is 4.74 Å². The summed E-state index contributed by atoms with van der Waals surface area (Å²) in [5, 5.41) is 9.92. The van der Waals surface area contributed by atoms with Crippen molar-refractivity contribution in [1.29, 1.82) is 0 Å². The Kier molecular flexibility index (Phi) is 5.65. The van der Waals surface area contributed by atoms with E-state index in [9.17, 15) is 9.50 Å². The van der Waals surface area contributed by atoms with Crippen molar-refractivity contribution in [2.75, 3.05) is 26.2 Å². The third kappa shape index (κ3) is 4.31. The van der Waals surface area contributed by atoms with Gasteiger partial charge in [-0.05, 0) is 67.2 Å². The monoisotopic (exact) mass is 417 g/mol. The number of benzene rings is 3. The van der Waals surface area contributed by atoms with Crippen molar-refractivity contribution in [3.63, 3.8) is 0 Å². The number of fused-ring (bicyclic) bond motifs is 1. The molecular formula is C27H28FNO2. The van der Waals surface area contributed by atoms with Crippen LogP contribution in [0.3, 0.4) is 0 Å². The van der Waals surface area contributed by atoms with Crippen LogP contribution < -0.4 is 4.74 Å². The minimum Gasteiger partial charge on any atom is -0.508 e. The summed E-state index contributed by atoms with van der Waals surface area (Å²) in [4.78, 5) is 2.54. The molecule has 2 heterocycles. The molecule has 0 radical (unpaired) electrons. The van der Waals surface area contributed by atoms with Gasteiger partial charge in [-0.2, -0.15) is 0 Å². The maximum atomic E-state index is 13.5. The molecule has 0 aliphatic carbocycles. The van der Waals surface area contributed by atoms with Crippen LogP contribution in [0, 0.1) is 5.82 Å². The lowest BCUT2D eigenvalue weighted by Crippen LogP contribution is -2.25. The number of rotatable bonds is 5. The number of ether oxygens (including phenoxy) is 1. The van der Waals surface area contributed by atoms with E-state index in [1.807, 2.05) is 18.2 Å². The summed E-state index contributed by atoms with van der Waals surface area (Å²) >= 11 is 0. The third-order valence-electron chi connectivity index (χ3n) is 6.71. The number of phenolic OH excluding ortho intramolecular Hbond substituents is 1. The Bertz CT molecular complexity index is 1030. The average Bonchev–Trinajstić information content (AvgIpc) is 3.32. The highest BCUT2D eigenvalue weighted by atomic mass is 19.1. The summed E-state index contributed by atoms with van der Waals surface area (Å²) in [6.07, 6.45) is 3.71. The van der Waals surface area contributed by atoms with Crippen molar-refractivity contribution in [3.05, 3.63) is 94.8 Å². The zero-order valence-electron chi connectivity index (χ0n) is 17.6. The lowest BCUT2D eigenvalue weighted by atomic mass is 9.75. The summed E-state index contributed by atoms with van der Waals surface area (Å²) in [5.74, 6) is 0.858. The number of halogens is 1. The van der Waals surface area contributed by atoms with Gasteiger partial charge in [0.2, 0.25) is 0 Å². The molecule has 0 amide bonds. The standard InChI is InChI=1S/C27H28FNO2/c28-22-9-7-20(8-10-22)25-18-31-26-17-23(30)11-12-24(26)27(25)21-5-3-19(4-6-21)13-16-29-14-1-2-15-29/h3-12,17,25,27,30H,1-2,13-16,18H2/t25-,27-/m1/s1. The lowest BCUT2D eigenvalue weighted by molar-refractivity contribution is 0.247. The first-order chi connectivity index (χ1) is 15.2. The summed E-state index contributed by atoms with van der Waals surface area (Å²) in [6, 6.07) is 21.0. The molecule has 3 aromatic carbocycles. The second-order valence-electron chi connectivity index (χ2n) is 8.71. The summed E-state index contributed by atoms with van der Waals surface area (Å²) in [5.41, 5.74) is 4.69. The molecule has 0 spiro atoms. The summed E-state index contributed by atoms with van der Waals surface area (Å²) in [7, 11) is 0. The number of likely N-dealkylation sites (tertiary alicyclic amines) is 1. The molecule has 4 heteroatoms. The molecule has 31 heavy (non-hydrogen) atoms. The van der Waals surface area contributed by atoms with Crippen molar-refractivity contribution < 1.29 is 14.2 Å². The Balaban J connectivity index is 1.44. The zero-order chi connectivity index (χ0) is 21.2. The SMILES string of the molecule is Oc1ccc2c(c1)OC[C@H](c1ccc(F)cc1)[C@@H]2c1ccc(CCN2CCCC2)cc1. The molecule has 2 atom stereocenters. The molecular weight excluding hydrogens is 389 g/mol. The second kappa shape index (κ2) is 8.72. The van der Waals surface area contributed by atoms with Gasteiger partial charge in [0, 0.05) is 30.0 Å². The topological polar surface area (TPSA) is 32.7 Å². The van der Waals surface area contributed by atoms with Crippen LogP contribution >= 0.6 is 0 Å². The molecule has 2 aliphatic rings. The van der Waals surface area contributed by atoms with Gasteiger partial charge in [-0.1, -0.05) is 42.5 Å². The zero-order valence-corrected chi connectivity index (χ0v) is 17.6. The van der Waals surface area contributed by atoms with Gasteiger partial charge in [0.15, 0.2) is 0 Å². The Morgan fingerprint density at radius 3 is 2.35 bits per heavy atom. The fourth-order valence-electron chi connectivity index (χ4n) is 4.99. The number of hydrogen-bond acceptors (Lipinski definition) is 3. The van der Waals surface area contributed by atoms with Crippen molar-refractivity contribution >= 4 is 0 Å². The van der Waals surface area contributed by atoms with E-state index < -0.39 is 0 Å². The molecule has 0 unspecified atom stereocenters. The molecule has 1 N–H and O–H groups in total. The predicted octanol–water partition coefficient (Wildman–Crippen LogP) is 5.48. The van der Waals surface area contributed by atoms with E-state index in [0.717, 1.165) is 29.8 Å². The van der Waals surface area contributed by atoms with E-state index >= 15 is 0 Å². The van der Waals surface area contributed by atoms with Gasteiger partial charge in [0.25, 0.3) is 0 Å². The van der Waals surface area contributed by atoms with E-state index in [0.29, 0.717) is 6.61 Å². The summed E-state index contributed by atoms with van der Waals surface area (Å²) < 4.78 is 19.5. The second-order valence-corrected chi connectivity index (χ2v) is 8.71. The van der Waals surface area contributed by atoms with Crippen LogP contribution in [0.2, 0.25) is 0 Å². The van der Waals surface area contributed by atoms with Gasteiger partial charge < -0.3 is 14.7 Å². The molecule has 160 valence electrons. The van der Waals surface area contributed by atoms with E-state index in [1.54, 1.807) is 12.1 Å². The fraction of sp³-hybridized carbons (Fsp3) is 0.333. The molecule has 1 fully saturated rings. The van der Waals surface area contributed by atoms with Crippen LogP contribution in [0.1, 0.15) is 46.9 Å². The summed E-state index contributed by atoms with van der Waals surface area (Å²) in [6.45, 7) is 4.06. The van der Waals surface area contributed by atoms with Gasteiger partial charge in [0.05, 0.1) is 6.61 Å². The molecule has 3 aromatic rings. The first-order valence-electron chi connectivity index (χ1n) is 11.2. The van der Waals surface area contributed by atoms with Crippen LogP contribution in [-0.2, 0) is 6.42 Å². The van der Waals surface area contributed by atoms with Crippen molar-refractivity contribution in [1.82, 2.24) is 4.90 Å². The van der Waals surface area contributed by atoms with E-state index in [2.05, 4.69) is 29.2 Å². The van der Waals surface area contributed by atoms with E-state index in [1.165, 1.54) is 49.2 Å². The third-order valence-corrected chi connectivity index (χ3v) is 6.71. The smallest absolute Gasteiger partial charge is 0.126 e. The van der Waals surface area contributed by atoms with Crippen LogP contribution in [0.4, 0.5) is 4.39 Å². The molecule has 0 aromatic heterocycles. The van der Waals surface area contributed by atoms with Crippen LogP contribution in [0.25, 0.3) is 0 Å². The molecule has 0 saturated carbocycles. The number of phenols is 1. The largest absolute Gasteiger partial charge is 0.508 e. The molecule has 0 bridgehead atoms. The number of hydrogen-bond donors (Lipinski definition) is 1.